The van der Waals surface area contributed by atoms with Gasteiger partial charge in [0.15, 0.2) is 0 Å². The van der Waals surface area contributed by atoms with Crippen molar-refractivity contribution in [2.24, 2.45) is 0 Å². The predicted molar refractivity (Wildman–Crippen MR) is 80.8 cm³/mol. The largest absolute Gasteiger partial charge is 0.464 e. The number of hydrogen-bond acceptors (Lipinski definition) is 5. The topological polar surface area (TPSA) is 88.8 Å². The van der Waals surface area contributed by atoms with Gasteiger partial charge in [0.25, 0.3) is 0 Å². The molecule has 0 aromatic carbocycles. The van der Waals surface area contributed by atoms with Crippen LogP contribution in [0.4, 0.5) is 0 Å². The number of furan rings is 1. The first kappa shape index (κ1) is 17.0. The van der Waals surface area contributed by atoms with E-state index in [1.807, 2.05) is 13.0 Å². The molecule has 2 unspecified atom stereocenters. The van der Waals surface area contributed by atoms with Crippen molar-refractivity contribution in [1.29, 1.82) is 0 Å². The van der Waals surface area contributed by atoms with Crippen LogP contribution in [0, 0.1) is 0 Å². The van der Waals surface area contributed by atoms with E-state index in [-0.39, 0.29) is 25.5 Å². The van der Waals surface area contributed by atoms with Crippen LogP contribution in [0.15, 0.2) is 16.5 Å². The SMILES string of the molecule is CCc1ccc(C(COC)NS(=O)(=O)C2CC(=O)N(C)C2)o1. The zero-order valence-corrected chi connectivity index (χ0v) is 13.9. The summed E-state index contributed by atoms with van der Waals surface area (Å²) < 4.78 is 38.3. The molecule has 1 aliphatic rings. The molecule has 22 heavy (non-hydrogen) atoms. The summed E-state index contributed by atoms with van der Waals surface area (Å²) in [6.07, 6.45) is 0.734. The molecule has 2 rings (SSSR count). The van der Waals surface area contributed by atoms with E-state index in [2.05, 4.69) is 4.72 Å². The van der Waals surface area contributed by atoms with E-state index in [0.29, 0.717) is 5.76 Å². The monoisotopic (exact) mass is 330 g/mol. The van der Waals surface area contributed by atoms with Gasteiger partial charge in [0.05, 0.1) is 6.61 Å². The van der Waals surface area contributed by atoms with Crippen LogP contribution in [0.1, 0.15) is 30.9 Å². The summed E-state index contributed by atoms with van der Waals surface area (Å²) in [6.45, 7) is 2.32. The van der Waals surface area contributed by atoms with Crippen molar-refractivity contribution in [1.82, 2.24) is 9.62 Å². The lowest BCUT2D eigenvalue weighted by atomic mass is 10.2. The van der Waals surface area contributed by atoms with E-state index in [1.165, 1.54) is 12.0 Å². The number of amides is 1. The third-order valence-corrected chi connectivity index (χ3v) is 5.57. The molecule has 7 nitrogen and oxygen atoms in total. The minimum absolute atomic E-state index is 0.00387. The summed E-state index contributed by atoms with van der Waals surface area (Å²) in [6, 6.07) is 2.96. The molecule has 1 aliphatic heterocycles. The Morgan fingerprint density at radius 2 is 2.23 bits per heavy atom. The molecule has 0 saturated carbocycles. The van der Waals surface area contributed by atoms with Gasteiger partial charge in [-0.25, -0.2) is 13.1 Å². The Hall–Kier alpha value is -1.38. The van der Waals surface area contributed by atoms with Crippen molar-refractivity contribution in [2.45, 2.75) is 31.1 Å². The van der Waals surface area contributed by atoms with Crippen molar-refractivity contribution in [3.05, 3.63) is 23.7 Å². The van der Waals surface area contributed by atoms with Crippen molar-refractivity contribution in [3.8, 4) is 0 Å². The first-order valence-electron chi connectivity index (χ1n) is 7.20. The van der Waals surface area contributed by atoms with Crippen LogP contribution < -0.4 is 4.72 Å². The Morgan fingerprint density at radius 1 is 1.50 bits per heavy atom. The highest BCUT2D eigenvalue weighted by molar-refractivity contribution is 7.90. The summed E-state index contributed by atoms with van der Waals surface area (Å²) >= 11 is 0. The molecule has 8 heteroatoms. The highest BCUT2D eigenvalue weighted by Crippen LogP contribution is 2.22. The summed E-state index contributed by atoms with van der Waals surface area (Å²) in [5.41, 5.74) is 0. The minimum Gasteiger partial charge on any atom is -0.464 e. The molecule has 1 saturated heterocycles. The second kappa shape index (κ2) is 6.80. The molecule has 1 aromatic rings. The second-order valence-corrected chi connectivity index (χ2v) is 7.42. The van der Waals surface area contributed by atoms with Crippen LogP contribution in [-0.4, -0.2) is 51.8 Å². The van der Waals surface area contributed by atoms with Gasteiger partial charge in [0.2, 0.25) is 15.9 Å². The number of likely N-dealkylation sites (tertiary alicyclic amines) is 1. The molecule has 0 radical (unpaired) electrons. The number of ether oxygens (including phenoxy) is 1. The van der Waals surface area contributed by atoms with Gasteiger partial charge in [-0.15, -0.1) is 0 Å². The second-order valence-electron chi connectivity index (χ2n) is 5.43. The number of sulfonamides is 1. The van der Waals surface area contributed by atoms with Crippen molar-refractivity contribution in [2.75, 3.05) is 27.3 Å². The maximum Gasteiger partial charge on any atom is 0.223 e. The molecule has 1 N–H and O–H groups in total. The van der Waals surface area contributed by atoms with E-state index >= 15 is 0 Å². The first-order chi connectivity index (χ1) is 10.4. The summed E-state index contributed by atoms with van der Waals surface area (Å²) in [5.74, 6) is 1.14. The summed E-state index contributed by atoms with van der Waals surface area (Å²) in [4.78, 5) is 13.0. The Balaban J connectivity index is 2.14. The minimum atomic E-state index is -3.65. The van der Waals surface area contributed by atoms with Gasteiger partial charge >= 0.3 is 0 Å². The molecule has 2 atom stereocenters. The van der Waals surface area contributed by atoms with Crippen molar-refractivity contribution < 1.29 is 22.4 Å². The lowest BCUT2D eigenvalue weighted by molar-refractivity contribution is -0.126. The highest BCUT2D eigenvalue weighted by atomic mass is 32.2. The molecule has 0 spiro atoms. The van der Waals surface area contributed by atoms with E-state index in [0.717, 1.165) is 12.2 Å². The first-order valence-corrected chi connectivity index (χ1v) is 8.74. The average molecular weight is 330 g/mol. The number of carbonyl (C=O) groups is 1. The molecular formula is C14H22N2O5S. The van der Waals surface area contributed by atoms with Gasteiger partial charge < -0.3 is 14.1 Å². The Bertz CT molecular complexity index is 625. The lowest BCUT2D eigenvalue weighted by Gasteiger charge is -2.19. The van der Waals surface area contributed by atoms with Crippen LogP contribution in [0.5, 0.6) is 0 Å². The number of nitrogens with zero attached hydrogens (tertiary/aromatic N) is 1. The normalized spacial score (nSPS) is 20.6. The molecular weight excluding hydrogens is 308 g/mol. The molecule has 124 valence electrons. The third kappa shape index (κ3) is 3.68. The van der Waals surface area contributed by atoms with Crippen LogP contribution in [0.25, 0.3) is 0 Å². The number of nitrogens with one attached hydrogen (secondary N) is 1. The fourth-order valence-electron chi connectivity index (χ4n) is 2.44. The lowest BCUT2D eigenvalue weighted by Crippen LogP contribution is -2.39. The number of rotatable bonds is 7. The van der Waals surface area contributed by atoms with E-state index in [9.17, 15) is 13.2 Å². The maximum atomic E-state index is 12.5. The van der Waals surface area contributed by atoms with Gasteiger partial charge in [-0.1, -0.05) is 6.92 Å². The van der Waals surface area contributed by atoms with Crippen LogP contribution >= 0.6 is 0 Å². The highest BCUT2D eigenvalue weighted by Gasteiger charge is 2.38. The van der Waals surface area contributed by atoms with Crippen molar-refractivity contribution in [3.63, 3.8) is 0 Å². The van der Waals surface area contributed by atoms with Gasteiger partial charge in [-0.3, -0.25) is 4.79 Å². The molecule has 1 fully saturated rings. The Kier molecular flexibility index (Phi) is 5.25. The molecule has 0 aliphatic carbocycles. The molecule has 1 amide bonds. The number of methoxy groups -OCH3 is 1. The fourth-order valence-corrected chi connectivity index (χ4v) is 3.99. The number of carbonyl (C=O) groups excluding carboxylic acids is 1. The standard InChI is InChI=1S/C14H22N2O5S/c1-4-10-5-6-13(21-10)12(9-20-3)15-22(18,19)11-7-14(17)16(2)8-11/h5-6,11-12,15H,4,7-9H2,1-3H3. The zero-order chi connectivity index (χ0) is 16.3. The Morgan fingerprint density at radius 3 is 2.73 bits per heavy atom. The molecule has 0 bridgehead atoms. The average Bonchev–Trinajstić information content (AvgIpc) is 3.06. The smallest absolute Gasteiger partial charge is 0.223 e. The zero-order valence-electron chi connectivity index (χ0n) is 13.0. The predicted octanol–water partition coefficient (Wildman–Crippen LogP) is 0.680. The maximum absolute atomic E-state index is 12.5. The van der Waals surface area contributed by atoms with Crippen LogP contribution in [0.2, 0.25) is 0 Å². The van der Waals surface area contributed by atoms with Crippen LogP contribution in [0.3, 0.4) is 0 Å². The Labute approximate surface area is 130 Å². The van der Waals surface area contributed by atoms with E-state index < -0.39 is 21.3 Å². The fraction of sp³-hybridized carbons (Fsp3) is 0.643. The van der Waals surface area contributed by atoms with Gasteiger partial charge in [0.1, 0.15) is 22.8 Å². The molecule has 2 heterocycles. The third-order valence-electron chi connectivity index (χ3n) is 3.76. The molecule has 1 aromatic heterocycles. The summed E-state index contributed by atoms with van der Waals surface area (Å²) in [7, 11) is -0.546. The van der Waals surface area contributed by atoms with E-state index in [4.69, 9.17) is 9.15 Å². The quantitative estimate of drug-likeness (QED) is 0.794. The van der Waals surface area contributed by atoms with E-state index in [1.54, 1.807) is 13.1 Å². The van der Waals surface area contributed by atoms with Crippen molar-refractivity contribution >= 4 is 15.9 Å². The van der Waals surface area contributed by atoms with Gasteiger partial charge in [-0.05, 0) is 12.1 Å². The van der Waals surface area contributed by atoms with Gasteiger partial charge in [0, 0.05) is 33.5 Å². The number of aryl methyl sites for hydroxylation is 1. The van der Waals surface area contributed by atoms with Gasteiger partial charge in [-0.2, -0.15) is 0 Å². The number of hydrogen-bond donors (Lipinski definition) is 1. The van der Waals surface area contributed by atoms with Crippen LogP contribution in [-0.2, 0) is 26.0 Å². The summed E-state index contributed by atoms with van der Waals surface area (Å²) in [5, 5.41) is -0.745.